The van der Waals surface area contributed by atoms with E-state index >= 15 is 0 Å². The summed E-state index contributed by atoms with van der Waals surface area (Å²) in [6.07, 6.45) is 1.70. The van der Waals surface area contributed by atoms with E-state index in [0.29, 0.717) is 6.54 Å². The van der Waals surface area contributed by atoms with E-state index in [1.807, 2.05) is 43.3 Å². The lowest BCUT2D eigenvalue weighted by atomic mass is 10.2. The number of aliphatic hydroxyl groups is 1. The van der Waals surface area contributed by atoms with Crippen LogP contribution in [0.4, 0.5) is 11.8 Å². The van der Waals surface area contributed by atoms with Crippen molar-refractivity contribution >= 4 is 23.4 Å². The normalized spacial score (nSPS) is 10.8. The second-order valence-electron chi connectivity index (χ2n) is 5.77. The lowest BCUT2D eigenvalue weighted by Gasteiger charge is -2.13. The first kappa shape index (κ1) is 17.6. The monoisotopic (exact) mass is 336 g/mol. The number of benzene rings is 1. The molecule has 0 radical (unpaired) electrons. The number of aliphatic hydroxyl groups excluding tert-OH is 1. The molecule has 0 bridgehead atoms. The molecule has 0 atom stereocenters. The Balaban J connectivity index is 2.26. The first-order chi connectivity index (χ1) is 11.0. The van der Waals surface area contributed by atoms with Crippen molar-refractivity contribution in [2.75, 3.05) is 37.5 Å². The third-order valence-corrected chi connectivity index (χ3v) is 4.14. The van der Waals surface area contributed by atoms with Gasteiger partial charge in [0, 0.05) is 32.3 Å². The van der Waals surface area contributed by atoms with Gasteiger partial charge in [-0.2, -0.15) is 4.98 Å². The minimum Gasteiger partial charge on any atom is -0.396 e. The number of unbranched alkanes of at least 4 members (excludes halogenated alkanes) is 1. The summed E-state index contributed by atoms with van der Waals surface area (Å²) in [6.45, 7) is 3.75. The maximum absolute atomic E-state index is 8.89. The Labute approximate surface area is 142 Å². The van der Waals surface area contributed by atoms with Crippen molar-refractivity contribution in [1.29, 1.82) is 0 Å². The zero-order chi connectivity index (χ0) is 16.8. The van der Waals surface area contributed by atoms with Crippen LogP contribution >= 0.6 is 11.6 Å². The van der Waals surface area contributed by atoms with Gasteiger partial charge >= 0.3 is 0 Å². The van der Waals surface area contributed by atoms with E-state index in [4.69, 9.17) is 21.7 Å². The van der Waals surface area contributed by atoms with E-state index in [2.05, 4.69) is 16.8 Å². The molecule has 0 saturated carbocycles. The molecular weight excluding hydrogens is 312 g/mol. The van der Waals surface area contributed by atoms with Crippen molar-refractivity contribution in [3.8, 4) is 0 Å². The molecule has 0 aliphatic rings. The molecule has 2 rings (SSSR count). The summed E-state index contributed by atoms with van der Waals surface area (Å²) in [5, 5.41) is 13.0. The van der Waals surface area contributed by atoms with Gasteiger partial charge in [0.25, 0.3) is 0 Å². The highest BCUT2D eigenvalue weighted by atomic mass is 35.5. The minimum atomic E-state index is 0.220. The first-order valence-corrected chi connectivity index (χ1v) is 8.25. The maximum atomic E-state index is 8.89. The van der Waals surface area contributed by atoms with Gasteiger partial charge in [0.05, 0.1) is 12.2 Å². The van der Waals surface area contributed by atoms with Crippen LogP contribution in [0.15, 0.2) is 24.3 Å². The molecule has 126 valence electrons. The summed E-state index contributed by atoms with van der Waals surface area (Å²) in [6, 6.07) is 7.87. The van der Waals surface area contributed by atoms with Crippen LogP contribution in [0, 0.1) is 6.92 Å². The molecule has 0 aliphatic heterocycles. The SMILES string of the molecule is Cc1c(N(C)C)nc(NCCCCO)n1Cc1ccccc1Cl. The molecule has 23 heavy (non-hydrogen) atoms. The van der Waals surface area contributed by atoms with Crippen molar-refractivity contribution in [1.82, 2.24) is 9.55 Å². The van der Waals surface area contributed by atoms with Gasteiger partial charge in [-0.15, -0.1) is 0 Å². The standard InChI is InChI=1S/C17H25ClN4O/c1-13-16(21(2)3)20-17(19-10-6-7-11-23)22(13)12-14-8-4-5-9-15(14)18/h4-5,8-9,23H,6-7,10-12H2,1-3H3,(H,19,20). The molecule has 0 spiro atoms. The molecular formula is C17H25ClN4O. The van der Waals surface area contributed by atoms with Crippen molar-refractivity contribution in [2.24, 2.45) is 0 Å². The van der Waals surface area contributed by atoms with Crippen LogP contribution in [-0.4, -0.2) is 41.9 Å². The van der Waals surface area contributed by atoms with E-state index in [1.165, 1.54) is 0 Å². The molecule has 1 aromatic heterocycles. The number of imidazole rings is 1. The zero-order valence-corrected chi connectivity index (χ0v) is 14.8. The number of nitrogens with zero attached hydrogens (tertiary/aromatic N) is 3. The fraction of sp³-hybridized carbons (Fsp3) is 0.471. The van der Waals surface area contributed by atoms with Crippen LogP contribution in [0.1, 0.15) is 24.1 Å². The summed E-state index contributed by atoms with van der Waals surface area (Å²) >= 11 is 6.30. The molecule has 1 heterocycles. The number of rotatable bonds is 8. The topological polar surface area (TPSA) is 53.3 Å². The molecule has 2 aromatic rings. The largest absolute Gasteiger partial charge is 0.396 e. The Kier molecular flexibility index (Phi) is 6.30. The molecule has 6 heteroatoms. The lowest BCUT2D eigenvalue weighted by Crippen LogP contribution is -2.12. The van der Waals surface area contributed by atoms with Crippen LogP contribution in [0.2, 0.25) is 5.02 Å². The van der Waals surface area contributed by atoms with Gasteiger partial charge in [-0.25, -0.2) is 0 Å². The van der Waals surface area contributed by atoms with Gasteiger partial charge in [-0.1, -0.05) is 29.8 Å². The molecule has 2 N–H and O–H groups in total. The van der Waals surface area contributed by atoms with Crippen LogP contribution in [0.3, 0.4) is 0 Å². The molecule has 0 amide bonds. The number of aromatic nitrogens is 2. The third-order valence-electron chi connectivity index (χ3n) is 3.77. The van der Waals surface area contributed by atoms with Gasteiger partial charge < -0.3 is 19.9 Å². The van der Waals surface area contributed by atoms with E-state index in [-0.39, 0.29) is 6.61 Å². The van der Waals surface area contributed by atoms with Crippen LogP contribution in [-0.2, 0) is 6.54 Å². The van der Waals surface area contributed by atoms with Gasteiger partial charge in [0.1, 0.15) is 0 Å². The molecule has 0 aliphatic carbocycles. The summed E-state index contributed by atoms with van der Waals surface area (Å²) in [5.74, 6) is 1.78. The predicted molar refractivity (Wildman–Crippen MR) is 96.7 cm³/mol. The highest BCUT2D eigenvalue weighted by molar-refractivity contribution is 6.31. The number of halogens is 1. The maximum Gasteiger partial charge on any atom is 0.205 e. The van der Waals surface area contributed by atoms with Crippen LogP contribution in [0.25, 0.3) is 0 Å². The third kappa shape index (κ3) is 4.39. The quantitative estimate of drug-likeness (QED) is 0.727. The Morgan fingerprint density at radius 3 is 2.65 bits per heavy atom. The van der Waals surface area contributed by atoms with E-state index in [9.17, 15) is 0 Å². The van der Waals surface area contributed by atoms with Gasteiger partial charge in [0.15, 0.2) is 5.82 Å². The highest BCUT2D eigenvalue weighted by Crippen LogP contribution is 2.25. The molecule has 0 saturated heterocycles. The Hall–Kier alpha value is -1.72. The van der Waals surface area contributed by atoms with Crippen LogP contribution < -0.4 is 10.2 Å². The van der Waals surface area contributed by atoms with Crippen molar-refractivity contribution in [3.63, 3.8) is 0 Å². The van der Waals surface area contributed by atoms with E-state index in [1.54, 1.807) is 0 Å². The lowest BCUT2D eigenvalue weighted by molar-refractivity contribution is 0.286. The van der Waals surface area contributed by atoms with E-state index in [0.717, 1.165) is 47.4 Å². The number of nitrogens with one attached hydrogen (secondary N) is 1. The number of hydrogen-bond acceptors (Lipinski definition) is 4. The first-order valence-electron chi connectivity index (χ1n) is 7.87. The smallest absolute Gasteiger partial charge is 0.205 e. The molecule has 0 unspecified atom stereocenters. The highest BCUT2D eigenvalue weighted by Gasteiger charge is 2.16. The van der Waals surface area contributed by atoms with Gasteiger partial charge in [-0.05, 0) is 31.4 Å². The summed E-state index contributed by atoms with van der Waals surface area (Å²) in [7, 11) is 3.98. The molecule has 5 nitrogen and oxygen atoms in total. The van der Waals surface area contributed by atoms with Crippen LogP contribution in [0.5, 0.6) is 0 Å². The van der Waals surface area contributed by atoms with Gasteiger partial charge in [0.2, 0.25) is 5.95 Å². The average Bonchev–Trinajstić information content (AvgIpc) is 2.83. The Morgan fingerprint density at radius 2 is 2.00 bits per heavy atom. The summed E-state index contributed by atoms with van der Waals surface area (Å²) in [5.41, 5.74) is 2.16. The fourth-order valence-corrected chi connectivity index (χ4v) is 2.70. The number of hydrogen-bond donors (Lipinski definition) is 2. The zero-order valence-electron chi connectivity index (χ0n) is 14.0. The van der Waals surface area contributed by atoms with Crippen molar-refractivity contribution in [2.45, 2.75) is 26.3 Å². The summed E-state index contributed by atoms with van der Waals surface area (Å²) < 4.78 is 2.15. The number of anilines is 2. The second-order valence-corrected chi connectivity index (χ2v) is 6.18. The van der Waals surface area contributed by atoms with Gasteiger partial charge in [-0.3, -0.25) is 0 Å². The second kappa shape index (κ2) is 8.22. The summed E-state index contributed by atoms with van der Waals surface area (Å²) in [4.78, 5) is 6.72. The molecule has 0 fully saturated rings. The van der Waals surface area contributed by atoms with Crippen molar-refractivity contribution in [3.05, 3.63) is 40.5 Å². The van der Waals surface area contributed by atoms with Crippen molar-refractivity contribution < 1.29 is 5.11 Å². The fourth-order valence-electron chi connectivity index (χ4n) is 2.51. The molecule has 1 aromatic carbocycles. The predicted octanol–water partition coefficient (Wildman–Crippen LogP) is 3.14. The minimum absolute atomic E-state index is 0.220. The van der Waals surface area contributed by atoms with E-state index < -0.39 is 0 Å². The Bertz CT molecular complexity index is 640. The average molecular weight is 337 g/mol. The Morgan fingerprint density at radius 1 is 1.26 bits per heavy atom.